The van der Waals surface area contributed by atoms with Crippen LogP contribution in [0.4, 0.5) is 5.69 Å². The second kappa shape index (κ2) is 10.0. The van der Waals surface area contributed by atoms with Gasteiger partial charge < -0.3 is 10.2 Å². The van der Waals surface area contributed by atoms with E-state index in [4.69, 9.17) is 11.6 Å². The van der Waals surface area contributed by atoms with Crippen molar-refractivity contribution in [3.8, 4) is 0 Å². The van der Waals surface area contributed by atoms with E-state index >= 15 is 0 Å². The molecule has 1 N–H and O–H groups in total. The molecule has 4 rings (SSSR count). The first-order valence-electron chi connectivity index (χ1n) is 11.1. The molecule has 3 aromatic rings. The van der Waals surface area contributed by atoms with Crippen LogP contribution in [-0.2, 0) is 11.3 Å². The molecule has 6 nitrogen and oxygen atoms in total. The summed E-state index contributed by atoms with van der Waals surface area (Å²) in [5.74, 6) is -0.373. The van der Waals surface area contributed by atoms with Gasteiger partial charge in [-0.25, -0.2) is 4.68 Å². The third-order valence-corrected chi connectivity index (χ3v) is 6.23. The third-order valence-electron chi connectivity index (χ3n) is 5.83. The van der Waals surface area contributed by atoms with Crippen LogP contribution in [0.25, 0.3) is 6.08 Å². The van der Waals surface area contributed by atoms with Crippen LogP contribution in [-0.4, -0.2) is 39.6 Å². The van der Waals surface area contributed by atoms with Crippen LogP contribution in [0.1, 0.15) is 45.6 Å². The lowest BCUT2D eigenvalue weighted by Crippen LogP contribution is -2.29. The van der Waals surface area contributed by atoms with Gasteiger partial charge in [-0.15, -0.1) is 0 Å². The van der Waals surface area contributed by atoms with E-state index in [-0.39, 0.29) is 11.8 Å². The molecule has 0 radical (unpaired) electrons. The summed E-state index contributed by atoms with van der Waals surface area (Å²) in [6, 6.07) is 15.4. The van der Waals surface area contributed by atoms with Crippen LogP contribution >= 0.6 is 11.6 Å². The molecule has 1 aliphatic rings. The molecular formula is C26H27ClN4O2. The second-order valence-electron chi connectivity index (χ2n) is 8.25. The minimum absolute atomic E-state index is 0.0449. The Balaban J connectivity index is 1.51. The number of para-hydroxylation sites is 1. The van der Waals surface area contributed by atoms with Gasteiger partial charge in [-0.2, -0.15) is 5.10 Å². The summed E-state index contributed by atoms with van der Waals surface area (Å²) in [7, 11) is 0. The van der Waals surface area contributed by atoms with E-state index in [9.17, 15) is 9.59 Å². The number of aryl methyl sites for hydroxylation is 2. The monoisotopic (exact) mass is 462 g/mol. The average molecular weight is 463 g/mol. The van der Waals surface area contributed by atoms with E-state index in [0.29, 0.717) is 28.5 Å². The number of amides is 2. The molecule has 0 unspecified atom stereocenters. The summed E-state index contributed by atoms with van der Waals surface area (Å²) in [6.07, 6.45) is 5.13. The minimum atomic E-state index is -0.328. The van der Waals surface area contributed by atoms with Gasteiger partial charge >= 0.3 is 0 Å². The topological polar surface area (TPSA) is 67.2 Å². The molecule has 2 aromatic carbocycles. The number of rotatable bonds is 6. The molecule has 0 atom stereocenters. The van der Waals surface area contributed by atoms with Gasteiger partial charge in [-0.1, -0.05) is 54.1 Å². The predicted octanol–water partition coefficient (Wildman–Crippen LogP) is 5.09. The van der Waals surface area contributed by atoms with Crippen molar-refractivity contribution in [2.75, 3.05) is 18.4 Å². The highest BCUT2D eigenvalue weighted by molar-refractivity contribution is 6.31. The number of carbonyl (C=O) groups excluding carboxylic acids is 2. The fourth-order valence-corrected chi connectivity index (χ4v) is 4.34. The molecule has 0 aliphatic carbocycles. The van der Waals surface area contributed by atoms with Gasteiger partial charge in [-0.05, 0) is 50.0 Å². The number of benzene rings is 2. The highest BCUT2D eigenvalue weighted by Crippen LogP contribution is 2.25. The van der Waals surface area contributed by atoms with Crippen LogP contribution in [0.5, 0.6) is 0 Å². The molecule has 1 saturated heterocycles. The van der Waals surface area contributed by atoms with Crippen molar-refractivity contribution in [3.05, 3.63) is 87.7 Å². The largest absolute Gasteiger partial charge is 0.339 e. The molecule has 0 saturated carbocycles. The number of carbonyl (C=O) groups is 2. The Morgan fingerprint density at radius 3 is 2.52 bits per heavy atom. The average Bonchev–Trinajstić information content (AvgIpc) is 3.43. The Kier molecular flexibility index (Phi) is 6.94. The third kappa shape index (κ3) is 5.17. The first-order valence-corrected chi connectivity index (χ1v) is 11.5. The number of hydrogen-bond acceptors (Lipinski definition) is 3. The van der Waals surface area contributed by atoms with E-state index in [0.717, 1.165) is 42.8 Å². The summed E-state index contributed by atoms with van der Waals surface area (Å²) in [5.41, 5.74) is 4.42. The number of nitrogens with one attached hydrogen (secondary N) is 1. The fraction of sp³-hybridized carbons (Fsp3) is 0.269. The summed E-state index contributed by atoms with van der Waals surface area (Å²) in [5, 5.41) is 7.88. The fourth-order valence-electron chi connectivity index (χ4n) is 4.04. The number of hydrogen-bond donors (Lipinski definition) is 1. The lowest BCUT2D eigenvalue weighted by molar-refractivity contribution is -0.111. The van der Waals surface area contributed by atoms with Gasteiger partial charge in [0.2, 0.25) is 5.91 Å². The number of nitrogens with zero attached hydrogens (tertiary/aromatic N) is 3. The Morgan fingerprint density at radius 2 is 1.79 bits per heavy atom. The standard InChI is InChI=1S/C26H27ClN4O2/c1-18-9-8-12-22(26(33)30-15-6-7-16-30)24(18)28-23(32)14-13-21-19(2)29-31(25(21)27)17-20-10-4-3-5-11-20/h3-5,8-14H,6-7,15-17H2,1-2H3,(H,28,32)/b14-13+. The van der Waals surface area contributed by atoms with Crippen molar-refractivity contribution in [2.24, 2.45) is 0 Å². The van der Waals surface area contributed by atoms with Crippen molar-refractivity contribution in [2.45, 2.75) is 33.2 Å². The number of halogens is 1. The molecule has 7 heteroatoms. The molecule has 0 bridgehead atoms. The molecular weight excluding hydrogens is 436 g/mol. The van der Waals surface area contributed by atoms with Crippen molar-refractivity contribution < 1.29 is 9.59 Å². The lowest BCUT2D eigenvalue weighted by Gasteiger charge is -2.19. The van der Waals surface area contributed by atoms with Crippen LogP contribution in [0, 0.1) is 13.8 Å². The van der Waals surface area contributed by atoms with Crippen molar-refractivity contribution in [1.29, 1.82) is 0 Å². The molecule has 2 heterocycles. The maximum absolute atomic E-state index is 13.0. The zero-order chi connectivity index (χ0) is 23.4. The van der Waals surface area contributed by atoms with Crippen LogP contribution in [0.3, 0.4) is 0 Å². The number of likely N-dealkylation sites (tertiary alicyclic amines) is 1. The highest BCUT2D eigenvalue weighted by atomic mass is 35.5. The van der Waals surface area contributed by atoms with E-state index in [1.54, 1.807) is 16.8 Å². The molecule has 1 fully saturated rings. The second-order valence-corrected chi connectivity index (χ2v) is 8.61. The predicted molar refractivity (Wildman–Crippen MR) is 131 cm³/mol. The van der Waals surface area contributed by atoms with E-state index < -0.39 is 0 Å². The van der Waals surface area contributed by atoms with E-state index in [1.807, 2.05) is 61.2 Å². The number of anilines is 1. The summed E-state index contributed by atoms with van der Waals surface area (Å²) >= 11 is 6.56. The number of aromatic nitrogens is 2. The summed E-state index contributed by atoms with van der Waals surface area (Å²) in [4.78, 5) is 27.6. The van der Waals surface area contributed by atoms with Gasteiger partial charge in [0.15, 0.2) is 0 Å². The Morgan fingerprint density at radius 1 is 1.06 bits per heavy atom. The van der Waals surface area contributed by atoms with Crippen molar-refractivity contribution >= 4 is 35.2 Å². The zero-order valence-corrected chi connectivity index (χ0v) is 19.6. The SMILES string of the molecule is Cc1cccc(C(=O)N2CCCC2)c1NC(=O)/C=C/c1c(C)nn(Cc2ccccc2)c1Cl. The summed E-state index contributed by atoms with van der Waals surface area (Å²) < 4.78 is 1.72. The van der Waals surface area contributed by atoms with Crippen molar-refractivity contribution in [1.82, 2.24) is 14.7 Å². The van der Waals surface area contributed by atoms with E-state index in [2.05, 4.69) is 10.4 Å². The molecule has 170 valence electrons. The van der Waals surface area contributed by atoms with Gasteiger partial charge in [0, 0.05) is 24.7 Å². The van der Waals surface area contributed by atoms with Gasteiger partial charge in [0.05, 0.1) is 23.5 Å². The maximum Gasteiger partial charge on any atom is 0.255 e. The normalized spacial score (nSPS) is 13.6. The van der Waals surface area contributed by atoms with Gasteiger partial charge in [0.1, 0.15) is 5.15 Å². The van der Waals surface area contributed by atoms with Gasteiger partial charge in [0.25, 0.3) is 5.91 Å². The smallest absolute Gasteiger partial charge is 0.255 e. The Hall–Kier alpha value is -3.38. The quantitative estimate of drug-likeness (QED) is 0.519. The van der Waals surface area contributed by atoms with E-state index in [1.165, 1.54) is 6.08 Å². The van der Waals surface area contributed by atoms with Crippen LogP contribution in [0.2, 0.25) is 5.15 Å². The Bertz CT molecular complexity index is 1190. The zero-order valence-electron chi connectivity index (χ0n) is 18.8. The molecule has 0 spiro atoms. The molecule has 1 aliphatic heterocycles. The lowest BCUT2D eigenvalue weighted by atomic mass is 10.1. The molecule has 33 heavy (non-hydrogen) atoms. The minimum Gasteiger partial charge on any atom is -0.339 e. The first kappa shape index (κ1) is 22.8. The van der Waals surface area contributed by atoms with Crippen LogP contribution < -0.4 is 5.32 Å². The van der Waals surface area contributed by atoms with Gasteiger partial charge in [-0.3, -0.25) is 9.59 Å². The molecule has 2 amide bonds. The maximum atomic E-state index is 13.0. The summed E-state index contributed by atoms with van der Waals surface area (Å²) in [6.45, 7) is 5.80. The molecule has 1 aromatic heterocycles. The highest BCUT2D eigenvalue weighted by Gasteiger charge is 2.23. The Labute approximate surface area is 198 Å². The van der Waals surface area contributed by atoms with Crippen molar-refractivity contribution in [3.63, 3.8) is 0 Å². The first-order chi connectivity index (χ1) is 15.9. The van der Waals surface area contributed by atoms with Crippen LogP contribution in [0.15, 0.2) is 54.6 Å².